The van der Waals surface area contributed by atoms with Crippen molar-refractivity contribution in [2.24, 2.45) is 0 Å². The van der Waals surface area contributed by atoms with Crippen LogP contribution in [0.3, 0.4) is 0 Å². The molecule has 0 spiro atoms. The van der Waals surface area contributed by atoms with Gasteiger partial charge in [-0.1, -0.05) is 30.3 Å². The number of anilines is 1. The highest BCUT2D eigenvalue weighted by molar-refractivity contribution is 6.03. The number of carbonyl (C=O) groups is 3. The van der Waals surface area contributed by atoms with E-state index in [-0.39, 0.29) is 35.1 Å². The molecule has 0 saturated heterocycles. The van der Waals surface area contributed by atoms with E-state index < -0.39 is 17.9 Å². The zero-order valence-electron chi connectivity index (χ0n) is 16.6. The van der Waals surface area contributed by atoms with E-state index in [2.05, 4.69) is 14.8 Å². The van der Waals surface area contributed by atoms with Gasteiger partial charge >= 0.3 is 17.9 Å². The maximum Gasteiger partial charge on any atom is 0.354 e. The maximum atomic E-state index is 12.1. The van der Waals surface area contributed by atoms with Gasteiger partial charge in [0.1, 0.15) is 12.3 Å². The Kier molecular flexibility index (Phi) is 7.81. The molecule has 0 aliphatic heterocycles. The van der Waals surface area contributed by atoms with E-state index in [1.807, 2.05) is 30.3 Å². The number of hydrogen-bond donors (Lipinski definition) is 2. The predicted molar refractivity (Wildman–Crippen MR) is 106 cm³/mol. The molecule has 2 aromatic carbocycles. The van der Waals surface area contributed by atoms with E-state index in [1.54, 1.807) is 0 Å². The summed E-state index contributed by atoms with van der Waals surface area (Å²) in [6, 6.07) is 12.1. The lowest BCUT2D eigenvalue weighted by Gasteiger charge is -2.18. The van der Waals surface area contributed by atoms with Gasteiger partial charge in [-0.2, -0.15) is 0 Å². The number of aromatic carboxylic acids is 1. The van der Waals surface area contributed by atoms with Gasteiger partial charge in [0.2, 0.25) is 0 Å². The number of carboxylic acids is 1. The van der Waals surface area contributed by atoms with Crippen LogP contribution in [0.15, 0.2) is 54.2 Å². The van der Waals surface area contributed by atoms with Crippen molar-refractivity contribution in [2.75, 3.05) is 26.6 Å². The van der Waals surface area contributed by atoms with Crippen molar-refractivity contribution < 1.29 is 38.4 Å². The smallest absolute Gasteiger partial charge is 0.354 e. The molecule has 0 fully saturated rings. The molecule has 9 heteroatoms. The summed E-state index contributed by atoms with van der Waals surface area (Å²) in [5, 5.41) is 12.2. The molecule has 0 aliphatic carbocycles. The van der Waals surface area contributed by atoms with Crippen molar-refractivity contribution in [1.29, 1.82) is 0 Å². The second-order valence-corrected chi connectivity index (χ2v) is 5.80. The van der Waals surface area contributed by atoms with Gasteiger partial charge in [-0.15, -0.1) is 0 Å². The van der Waals surface area contributed by atoms with Gasteiger partial charge in [0, 0.05) is 0 Å². The third-order valence-electron chi connectivity index (χ3n) is 3.92. The summed E-state index contributed by atoms with van der Waals surface area (Å²) >= 11 is 0. The fourth-order valence-electron chi connectivity index (χ4n) is 2.48. The fourth-order valence-corrected chi connectivity index (χ4v) is 2.48. The number of carbonyl (C=O) groups excluding carboxylic acids is 2. The molecule has 2 aromatic rings. The summed E-state index contributed by atoms with van der Waals surface area (Å²) in [5.74, 6) is -2.76. The summed E-state index contributed by atoms with van der Waals surface area (Å²) in [6.07, 6.45) is 0.842. The third kappa shape index (κ3) is 5.51. The number of esters is 2. The predicted octanol–water partition coefficient (Wildman–Crippen LogP) is 2.61. The Labute approximate surface area is 172 Å². The minimum absolute atomic E-state index is 0.0329. The van der Waals surface area contributed by atoms with Gasteiger partial charge in [0.05, 0.1) is 38.7 Å². The molecule has 0 atom stereocenters. The van der Waals surface area contributed by atoms with Gasteiger partial charge in [-0.3, -0.25) is 0 Å². The van der Waals surface area contributed by atoms with Crippen LogP contribution in [0.25, 0.3) is 0 Å². The van der Waals surface area contributed by atoms with Crippen molar-refractivity contribution in [1.82, 2.24) is 0 Å². The quantitative estimate of drug-likeness (QED) is 0.470. The summed E-state index contributed by atoms with van der Waals surface area (Å²) < 4.78 is 20.3. The molecular weight excluding hydrogens is 394 g/mol. The molecule has 0 saturated carbocycles. The largest absolute Gasteiger partial charge is 0.491 e. The molecule has 0 heterocycles. The van der Waals surface area contributed by atoms with Crippen molar-refractivity contribution in [3.05, 3.63) is 65.4 Å². The topological polar surface area (TPSA) is 120 Å². The normalized spacial score (nSPS) is 10.7. The Hall–Kier alpha value is -4.01. The highest BCUT2D eigenvalue weighted by atomic mass is 16.5. The Morgan fingerprint density at radius 1 is 1.00 bits per heavy atom. The molecule has 158 valence electrons. The van der Waals surface area contributed by atoms with Crippen molar-refractivity contribution in [3.63, 3.8) is 0 Å². The first-order valence-corrected chi connectivity index (χ1v) is 8.67. The number of methoxy groups -OCH3 is 3. The Morgan fingerprint density at radius 2 is 1.70 bits per heavy atom. The maximum absolute atomic E-state index is 12.1. The Morgan fingerprint density at radius 3 is 2.27 bits per heavy atom. The lowest BCUT2D eigenvalue weighted by Crippen LogP contribution is -2.18. The lowest BCUT2D eigenvalue weighted by atomic mass is 10.1. The van der Waals surface area contributed by atoms with Crippen LogP contribution in [0, 0.1) is 0 Å². The number of nitrogens with one attached hydrogen (secondary N) is 1. The van der Waals surface area contributed by atoms with E-state index in [0.717, 1.165) is 25.9 Å². The van der Waals surface area contributed by atoms with Crippen LogP contribution in [0.2, 0.25) is 0 Å². The van der Waals surface area contributed by atoms with Crippen LogP contribution in [-0.4, -0.2) is 44.3 Å². The third-order valence-corrected chi connectivity index (χ3v) is 3.92. The lowest BCUT2D eigenvalue weighted by molar-refractivity contribution is -0.138. The molecule has 2 N–H and O–H groups in total. The second kappa shape index (κ2) is 10.5. The van der Waals surface area contributed by atoms with E-state index >= 15 is 0 Å². The molecule has 0 bridgehead atoms. The molecule has 0 unspecified atom stereocenters. The standard InChI is InChI=1S/C21H21NO8/c1-27-17(23)11-15(21(26)29-3)22-18-14(20(24)25)9-10-16(19(18)28-2)30-12-13-7-5-4-6-8-13/h4-11,22H,12H2,1-3H3,(H,24,25)/b15-11+. The van der Waals surface area contributed by atoms with Crippen LogP contribution >= 0.6 is 0 Å². The second-order valence-electron chi connectivity index (χ2n) is 5.80. The molecule has 0 aliphatic rings. The first kappa shape index (κ1) is 22.3. The summed E-state index contributed by atoms with van der Waals surface area (Å²) in [7, 11) is 3.57. The first-order chi connectivity index (χ1) is 14.4. The van der Waals surface area contributed by atoms with Gasteiger partial charge < -0.3 is 29.4 Å². The molecule has 2 rings (SSSR count). The minimum atomic E-state index is -1.28. The summed E-state index contributed by atoms with van der Waals surface area (Å²) in [6.45, 7) is 0.199. The summed E-state index contributed by atoms with van der Waals surface area (Å²) in [5.41, 5.74) is 0.247. The average Bonchev–Trinajstić information content (AvgIpc) is 2.76. The van der Waals surface area contributed by atoms with Crippen molar-refractivity contribution >= 4 is 23.6 Å². The number of benzene rings is 2. The molecule has 30 heavy (non-hydrogen) atoms. The van der Waals surface area contributed by atoms with Crippen LogP contribution in [-0.2, 0) is 25.7 Å². The van der Waals surface area contributed by atoms with Crippen LogP contribution in [0.1, 0.15) is 15.9 Å². The van der Waals surface area contributed by atoms with Crippen molar-refractivity contribution in [2.45, 2.75) is 6.61 Å². The van der Waals surface area contributed by atoms with Crippen LogP contribution in [0.4, 0.5) is 5.69 Å². The molecule has 0 radical (unpaired) electrons. The Balaban J connectivity index is 2.48. The van der Waals surface area contributed by atoms with Gasteiger partial charge in [-0.25, -0.2) is 14.4 Å². The van der Waals surface area contributed by atoms with Crippen LogP contribution < -0.4 is 14.8 Å². The van der Waals surface area contributed by atoms with Crippen molar-refractivity contribution in [3.8, 4) is 11.5 Å². The average molecular weight is 415 g/mol. The van der Waals surface area contributed by atoms with E-state index in [9.17, 15) is 19.5 Å². The highest BCUT2D eigenvalue weighted by Crippen LogP contribution is 2.39. The van der Waals surface area contributed by atoms with Gasteiger partial charge in [0.25, 0.3) is 0 Å². The molecule has 0 aromatic heterocycles. The summed E-state index contributed by atoms with van der Waals surface area (Å²) in [4.78, 5) is 35.4. The van der Waals surface area contributed by atoms with E-state index in [4.69, 9.17) is 9.47 Å². The number of ether oxygens (including phenoxy) is 4. The number of rotatable bonds is 9. The van der Waals surface area contributed by atoms with Gasteiger partial charge in [0.15, 0.2) is 11.5 Å². The molecule has 9 nitrogen and oxygen atoms in total. The highest BCUT2D eigenvalue weighted by Gasteiger charge is 2.23. The molecular formula is C21H21NO8. The SMILES string of the molecule is COC(=O)/C=C(/Nc1c(C(=O)O)ccc(OCc2ccccc2)c1OC)C(=O)OC. The number of carboxylic acid groups (broad SMARTS) is 1. The zero-order chi connectivity index (χ0) is 22.1. The Bertz CT molecular complexity index is 953. The monoisotopic (exact) mass is 415 g/mol. The molecule has 0 amide bonds. The van der Waals surface area contributed by atoms with E-state index in [0.29, 0.717) is 0 Å². The minimum Gasteiger partial charge on any atom is -0.491 e. The number of hydrogen-bond acceptors (Lipinski definition) is 8. The van der Waals surface area contributed by atoms with Gasteiger partial charge in [-0.05, 0) is 17.7 Å². The first-order valence-electron chi connectivity index (χ1n) is 8.67. The fraction of sp³-hybridized carbons (Fsp3) is 0.190. The zero-order valence-corrected chi connectivity index (χ0v) is 16.6. The van der Waals surface area contributed by atoms with Crippen LogP contribution in [0.5, 0.6) is 11.5 Å². The van der Waals surface area contributed by atoms with E-state index in [1.165, 1.54) is 19.2 Å².